The molecule has 0 radical (unpaired) electrons. The summed E-state index contributed by atoms with van der Waals surface area (Å²) >= 11 is 0. The van der Waals surface area contributed by atoms with Crippen molar-refractivity contribution >= 4 is 16.5 Å². The van der Waals surface area contributed by atoms with E-state index in [2.05, 4.69) is 0 Å². The van der Waals surface area contributed by atoms with E-state index >= 15 is 0 Å². The first-order valence-electron chi connectivity index (χ1n) is 6.08. The Balaban J connectivity index is 2.23. The van der Waals surface area contributed by atoms with Gasteiger partial charge < -0.3 is 10.5 Å². The number of anilines is 1. The van der Waals surface area contributed by atoms with E-state index in [0.717, 1.165) is 5.56 Å². The maximum absolute atomic E-state index is 13.6. The first-order chi connectivity index (χ1) is 9.51. The van der Waals surface area contributed by atoms with Crippen molar-refractivity contribution in [3.63, 3.8) is 0 Å². The van der Waals surface area contributed by atoms with Crippen molar-refractivity contribution in [3.8, 4) is 5.75 Å². The lowest BCUT2D eigenvalue weighted by Crippen LogP contribution is -2.02. The van der Waals surface area contributed by atoms with E-state index in [1.54, 1.807) is 18.2 Å². The number of benzene rings is 2. The van der Waals surface area contributed by atoms with Crippen LogP contribution in [0.25, 0.3) is 0 Å². The first-order valence-corrected chi connectivity index (χ1v) is 7.40. The van der Waals surface area contributed by atoms with Gasteiger partial charge in [-0.1, -0.05) is 12.1 Å². The lowest BCUT2D eigenvalue weighted by atomic mass is 10.2. The summed E-state index contributed by atoms with van der Waals surface area (Å²) < 4.78 is 30.8. The molecule has 20 heavy (non-hydrogen) atoms. The monoisotopic (exact) mass is 293 g/mol. The summed E-state index contributed by atoms with van der Waals surface area (Å²) in [5.41, 5.74) is 7.95. The van der Waals surface area contributed by atoms with Crippen molar-refractivity contribution in [1.82, 2.24) is 0 Å². The molecule has 3 nitrogen and oxygen atoms in total. The van der Waals surface area contributed by atoms with Crippen molar-refractivity contribution in [3.05, 3.63) is 53.3 Å². The molecular weight excluding hydrogens is 277 g/mol. The number of rotatable bonds is 4. The Hall–Kier alpha value is -1.88. The molecule has 0 bridgehead atoms. The second-order valence-electron chi connectivity index (χ2n) is 4.50. The third kappa shape index (κ3) is 3.17. The quantitative estimate of drug-likeness (QED) is 0.882. The van der Waals surface area contributed by atoms with Gasteiger partial charge in [0.25, 0.3) is 0 Å². The van der Waals surface area contributed by atoms with E-state index in [4.69, 9.17) is 10.5 Å². The minimum Gasteiger partial charge on any atom is -0.494 e. The topological polar surface area (TPSA) is 52.3 Å². The van der Waals surface area contributed by atoms with Crippen molar-refractivity contribution in [1.29, 1.82) is 0 Å². The minimum atomic E-state index is -1.31. The molecule has 2 N–H and O–H groups in total. The number of aryl methyl sites for hydroxylation is 1. The van der Waals surface area contributed by atoms with E-state index < -0.39 is 16.6 Å². The Morgan fingerprint density at radius 3 is 2.65 bits per heavy atom. The number of nitrogens with two attached hydrogens (primary N) is 1. The Labute approximate surface area is 120 Å². The molecule has 0 saturated carbocycles. The van der Waals surface area contributed by atoms with Crippen molar-refractivity contribution in [2.75, 3.05) is 12.8 Å². The Morgan fingerprint density at radius 1 is 1.25 bits per heavy atom. The average Bonchev–Trinajstić information content (AvgIpc) is 2.41. The van der Waals surface area contributed by atoms with Crippen molar-refractivity contribution in [2.24, 2.45) is 0 Å². The van der Waals surface area contributed by atoms with Crippen LogP contribution in [0.15, 0.2) is 41.3 Å². The molecule has 0 heterocycles. The molecule has 106 valence electrons. The zero-order chi connectivity index (χ0) is 14.7. The molecule has 5 heteroatoms. The van der Waals surface area contributed by atoms with Gasteiger partial charge >= 0.3 is 0 Å². The fourth-order valence-electron chi connectivity index (χ4n) is 1.87. The minimum absolute atomic E-state index is 0.176. The number of hydrogen-bond acceptors (Lipinski definition) is 3. The lowest BCUT2D eigenvalue weighted by Gasteiger charge is -2.08. The molecule has 0 spiro atoms. The van der Waals surface area contributed by atoms with Gasteiger partial charge in [-0.3, -0.25) is 4.21 Å². The molecule has 1 atom stereocenters. The summed E-state index contributed by atoms with van der Waals surface area (Å²) in [4.78, 5) is 0.584. The largest absolute Gasteiger partial charge is 0.494 e. The van der Waals surface area contributed by atoms with Gasteiger partial charge in [0.1, 0.15) is 0 Å². The van der Waals surface area contributed by atoms with Crippen LogP contribution in [-0.2, 0) is 16.6 Å². The lowest BCUT2D eigenvalue weighted by molar-refractivity contribution is 0.386. The third-order valence-corrected chi connectivity index (χ3v) is 4.37. The van der Waals surface area contributed by atoms with Gasteiger partial charge in [-0.15, -0.1) is 0 Å². The summed E-state index contributed by atoms with van der Waals surface area (Å²) in [6, 6.07) is 9.96. The van der Waals surface area contributed by atoms with Gasteiger partial charge in [-0.05, 0) is 42.3 Å². The number of ether oxygens (including phenoxy) is 1. The zero-order valence-corrected chi connectivity index (χ0v) is 12.2. The van der Waals surface area contributed by atoms with E-state index in [1.807, 2.05) is 13.0 Å². The highest BCUT2D eigenvalue weighted by molar-refractivity contribution is 7.84. The highest BCUT2D eigenvalue weighted by Gasteiger charge is 2.11. The molecule has 2 aromatic carbocycles. The van der Waals surface area contributed by atoms with E-state index in [1.165, 1.54) is 19.2 Å². The number of nitrogen functional groups attached to an aromatic ring is 1. The molecule has 0 saturated heterocycles. The molecular formula is C15H16FNO2S. The molecule has 0 amide bonds. The molecule has 0 aromatic heterocycles. The summed E-state index contributed by atoms with van der Waals surface area (Å²) in [7, 11) is 0.101. The number of methoxy groups -OCH3 is 1. The first kappa shape index (κ1) is 14.5. The van der Waals surface area contributed by atoms with Gasteiger partial charge in [-0.2, -0.15) is 0 Å². The zero-order valence-electron chi connectivity index (χ0n) is 11.4. The van der Waals surface area contributed by atoms with Gasteiger partial charge in [0, 0.05) is 5.69 Å². The van der Waals surface area contributed by atoms with Crippen LogP contribution >= 0.6 is 0 Å². The predicted molar refractivity (Wildman–Crippen MR) is 78.7 cm³/mol. The molecule has 0 aliphatic heterocycles. The summed E-state index contributed by atoms with van der Waals surface area (Å²) in [5.74, 6) is -0.0667. The van der Waals surface area contributed by atoms with Crippen LogP contribution in [0, 0.1) is 12.7 Å². The molecule has 2 aromatic rings. The molecule has 0 fully saturated rings. The van der Waals surface area contributed by atoms with Crippen molar-refractivity contribution < 1.29 is 13.3 Å². The molecule has 0 aliphatic rings. The Bertz CT molecular complexity index is 658. The van der Waals surface area contributed by atoms with Gasteiger partial charge in [0.2, 0.25) is 0 Å². The Morgan fingerprint density at radius 2 is 2.00 bits per heavy atom. The maximum Gasteiger partial charge on any atom is 0.165 e. The molecule has 2 rings (SSSR count). The normalized spacial score (nSPS) is 12.2. The smallest absolute Gasteiger partial charge is 0.165 e. The van der Waals surface area contributed by atoms with Crippen LogP contribution in [0.1, 0.15) is 11.1 Å². The second-order valence-corrected chi connectivity index (χ2v) is 5.92. The van der Waals surface area contributed by atoms with Gasteiger partial charge in [0.15, 0.2) is 11.6 Å². The standard InChI is InChI=1S/C15H16FNO2S/c1-10-3-5-13(17)15(7-10)20(18)9-11-4-6-14(19-2)12(16)8-11/h3-8H,9,17H2,1-2H3. The van der Waals surface area contributed by atoms with Crippen LogP contribution in [0.2, 0.25) is 0 Å². The maximum atomic E-state index is 13.6. The fourth-order valence-corrected chi connectivity index (χ4v) is 3.15. The predicted octanol–water partition coefficient (Wildman–Crippen LogP) is 3.03. The van der Waals surface area contributed by atoms with Crippen LogP contribution in [-0.4, -0.2) is 11.3 Å². The van der Waals surface area contributed by atoms with Crippen molar-refractivity contribution in [2.45, 2.75) is 17.6 Å². The van der Waals surface area contributed by atoms with E-state index in [-0.39, 0.29) is 11.5 Å². The average molecular weight is 293 g/mol. The van der Waals surface area contributed by atoms with Crippen LogP contribution in [0.3, 0.4) is 0 Å². The molecule has 0 aliphatic carbocycles. The van der Waals surface area contributed by atoms with E-state index in [9.17, 15) is 8.60 Å². The molecule has 1 unspecified atom stereocenters. The number of halogens is 1. The highest BCUT2D eigenvalue weighted by atomic mass is 32.2. The van der Waals surface area contributed by atoms with Gasteiger partial charge in [0.05, 0.1) is 28.6 Å². The second kappa shape index (κ2) is 6.05. The third-order valence-electron chi connectivity index (χ3n) is 2.93. The Kier molecular flexibility index (Phi) is 4.39. The summed E-state index contributed by atoms with van der Waals surface area (Å²) in [6.45, 7) is 1.91. The fraction of sp³-hybridized carbons (Fsp3) is 0.200. The van der Waals surface area contributed by atoms with Gasteiger partial charge in [-0.25, -0.2) is 4.39 Å². The highest BCUT2D eigenvalue weighted by Crippen LogP contribution is 2.23. The van der Waals surface area contributed by atoms with E-state index in [0.29, 0.717) is 16.1 Å². The van der Waals surface area contributed by atoms with Crippen LogP contribution in [0.5, 0.6) is 5.75 Å². The number of hydrogen-bond donors (Lipinski definition) is 1. The van der Waals surface area contributed by atoms with Crippen LogP contribution < -0.4 is 10.5 Å². The SMILES string of the molecule is COc1ccc(CS(=O)c2cc(C)ccc2N)cc1F. The van der Waals surface area contributed by atoms with Crippen LogP contribution in [0.4, 0.5) is 10.1 Å². The summed E-state index contributed by atoms with van der Waals surface area (Å²) in [6.07, 6.45) is 0. The summed E-state index contributed by atoms with van der Waals surface area (Å²) in [5, 5.41) is 0.